The lowest BCUT2D eigenvalue weighted by molar-refractivity contribution is 0.0679. The van der Waals surface area contributed by atoms with E-state index in [-0.39, 0.29) is 27.7 Å². The molecule has 0 aliphatic carbocycles. The zero-order valence-corrected chi connectivity index (χ0v) is 14.9. The zero-order valence-electron chi connectivity index (χ0n) is 13.4. The highest BCUT2D eigenvalue weighted by Crippen LogP contribution is 2.31. The molecule has 1 fully saturated rings. The van der Waals surface area contributed by atoms with Crippen LogP contribution in [0.1, 0.15) is 23.2 Å². The van der Waals surface area contributed by atoms with Gasteiger partial charge in [-0.05, 0) is 43.2 Å². The molecule has 3 N–H and O–H groups in total. The maximum Gasteiger partial charge on any atom is 0.255 e. The monoisotopic (exact) mass is 380 g/mol. The Morgan fingerprint density at radius 3 is 2.72 bits per heavy atom. The molecular formula is C18H18Cl2N2O3. The van der Waals surface area contributed by atoms with Gasteiger partial charge in [0.25, 0.3) is 5.91 Å². The molecule has 1 atom stereocenters. The molecule has 1 heterocycles. The van der Waals surface area contributed by atoms with Crippen LogP contribution in [0.3, 0.4) is 0 Å². The van der Waals surface area contributed by atoms with E-state index in [1.807, 2.05) is 6.07 Å². The second-order valence-electron chi connectivity index (χ2n) is 5.78. The van der Waals surface area contributed by atoms with Crippen molar-refractivity contribution < 1.29 is 14.3 Å². The van der Waals surface area contributed by atoms with Crippen molar-refractivity contribution in [3.8, 4) is 5.75 Å². The molecule has 0 saturated carbocycles. The van der Waals surface area contributed by atoms with Gasteiger partial charge in [-0.1, -0.05) is 29.3 Å². The highest BCUT2D eigenvalue weighted by molar-refractivity contribution is 6.39. The van der Waals surface area contributed by atoms with Crippen molar-refractivity contribution in [2.75, 3.05) is 24.3 Å². The maximum absolute atomic E-state index is 12.4. The quantitative estimate of drug-likeness (QED) is 0.754. The summed E-state index contributed by atoms with van der Waals surface area (Å²) in [5.74, 6) is 0.330. The summed E-state index contributed by atoms with van der Waals surface area (Å²) in [6, 6.07) is 10.1. The lowest BCUT2D eigenvalue weighted by atomic mass is 10.2. The molecule has 2 aromatic rings. The van der Waals surface area contributed by atoms with E-state index < -0.39 is 0 Å². The van der Waals surface area contributed by atoms with Crippen molar-refractivity contribution >= 4 is 40.5 Å². The van der Waals surface area contributed by atoms with E-state index in [2.05, 4.69) is 5.32 Å². The second kappa shape index (κ2) is 7.95. The fourth-order valence-corrected chi connectivity index (χ4v) is 3.04. The number of amides is 1. The van der Waals surface area contributed by atoms with Crippen LogP contribution in [0.5, 0.6) is 5.75 Å². The third kappa shape index (κ3) is 4.57. The standard InChI is InChI=1S/C18H18Cl2N2O3/c19-15-8-12(9-16(20)17(15)21)22-18(23)11-3-1-4-13(7-11)25-10-14-5-2-6-24-14/h1,3-4,7-9,14H,2,5-6,10,21H2,(H,22,23)/t14-/m0/s1. The first-order chi connectivity index (χ1) is 12.0. The Morgan fingerprint density at radius 2 is 2.04 bits per heavy atom. The van der Waals surface area contributed by atoms with Gasteiger partial charge in [0.05, 0.1) is 21.8 Å². The van der Waals surface area contributed by atoms with Gasteiger partial charge in [-0.15, -0.1) is 0 Å². The summed E-state index contributed by atoms with van der Waals surface area (Å²) in [6.45, 7) is 1.26. The van der Waals surface area contributed by atoms with Crippen LogP contribution in [0, 0.1) is 0 Å². The van der Waals surface area contributed by atoms with Crippen LogP contribution in [-0.4, -0.2) is 25.2 Å². The number of hydrogen-bond donors (Lipinski definition) is 2. The summed E-state index contributed by atoms with van der Waals surface area (Å²) in [5, 5.41) is 3.32. The normalized spacial score (nSPS) is 16.6. The number of nitrogens with two attached hydrogens (primary N) is 1. The number of benzene rings is 2. The molecule has 1 amide bonds. The van der Waals surface area contributed by atoms with Crippen LogP contribution in [-0.2, 0) is 4.74 Å². The average Bonchev–Trinajstić information content (AvgIpc) is 3.11. The number of nitrogens with one attached hydrogen (secondary N) is 1. The van der Waals surface area contributed by atoms with Gasteiger partial charge in [-0.2, -0.15) is 0 Å². The van der Waals surface area contributed by atoms with E-state index in [0.29, 0.717) is 23.6 Å². The molecule has 1 aliphatic rings. The minimum Gasteiger partial charge on any atom is -0.491 e. The van der Waals surface area contributed by atoms with Gasteiger partial charge >= 0.3 is 0 Å². The van der Waals surface area contributed by atoms with Crippen molar-refractivity contribution in [3.63, 3.8) is 0 Å². The molecule has 1 aliphatic heterocycles. The van der Waals surface area contributed by atoms with Crippen molar-refractivity contribution in [2.24, 2.45) is 0 Å². The minimum absolute atomic E-state index is 0.122. The van der Waals surface area contributed by atoms with Crippen LogP contribution in [0.2, 0.25) is 10.0 Å². The second-order valence-corrected chi connectivity index (χ2v) is 6.60. The Morgan fingerprint density at radius 1 is 1.28 bits per heavy atom. The van der Waals surface area contributed by atoms with E-state index in [1.165, 1.54) is 0 Å². The van der Waals surface area contributed by atoms with Crippen LogP contribution < -0.4 is 15.8 Å². The first-order valence-electron chi connectivity index (χ1n) is 7.93. The number of halogens is 2. The first kappa shape index (κ1) is 17.9. The summed E-state index contributed by atoms with van der Waals surface area (Å²) in [4.78, 5) is 12.4. The number of rotatable bonds is 5. The number of carbonyl (C=O) groups is 1. The Balaban J connectivity index is 1.66. The highest BCUT2D eigenvalue weighted by Gasteiger charge is 2.16. The van der Waals surface area contributed by atoms with E-state index >= 15 is 0 Å². The summed E-state index contributed by atoms with van der Waals surface area (Å²) < 4.78 is 11.2. The Labute approximate surface area is 156 Å². The molecule has 0 spiro atoms. The SMILES string of the molecule is Nc1c(Cl)cc(NC(=O)c2cccc(OC[C@@H]3CCCO3)c2)cc1Cl. The first-order valence-corrected chi connectivity index (χ1v) is 8.69. The predicted octanol–water partition coefficient (Wildman–Crippen LogP) is 4.39. The molecule has 5 nitrogen and oxygen atoms in total. The molecule has 2 aromatic carbocycles. The zero-order chi connectivity index (χ0) is 17.8. The average molecular weight is 381 g/mol. The third-order valence-corrected chi connectivity index (χ3v) is 4.52. The van der Waals surface area contributed by atoms with Gasteiger partial charge in [0.15, 0.2) is 0 Å². The fourth-order valence-electron chi connectivity index (χ4n) is 2.55. The summed E-state index contributed by atoms with van der Waals surface area (Å²) in [6.07, 6.45) is 2.18. The van der Waals surface area contributed by atoms with Gasteiger partial charge in [-0.3, -0.25) is 4.79 Å². The summed E-state index contributed by atoms with van der Waals surface area (Å²) in [5.41, 5.74) is 6.92. The molecular weight excluding hydrogens is 363 g/mol. The molecule has 0 aromatic heterocycles. The van der Waals surface area contributed by atoms with Crippen LogP contribution >= 0.6 is 23.2 Å². The van der Waals surface area contributed by atoms with Crippen LogP contribution in [0.15, 0.2) is 36.4 Å². The van der Waals surface area contributed by atoms with Crippen LogP contribution in [0.4, 0.5) is 11.4 Å². The Kier molecular flexibility index (Phi) is 5.68. The molecule has 0 bridgehead atoms. The van der Waals surface area contributed by atoms with Gasteiger partial charge < -0.3 is 20.5 Å². The van der Waals surface area contributed by atoms with Gasteiger partial charge in [0.1, 0.15) is 12.4 Å². The summed E-state index contributed by atoms with van der Waals surface area (Å²) >= 11 is 12.0. The van der Waals surface area contributed by atoms with Gasteiger partial charge in [-0.25, -0.2) is 0 Å². The van der Waals surface area contributed by atoms with E-state index in [0.717, 1.165) is 19.4 Å². The minimum atomic E-state index is -0.292. The smallest absolute Gasteiger partial charge is 0.255 e. The largest absolute Gasteiger partial charge is 0.491 e. The summed E-state index contributed by atoms with van der Waals surface area (Å²) in [7, 11) is 0. The Hall–Kier alpha value is -1.95. The topological polar surface area (TPSA) is 73.6 Å². The van der Waals surface area contributed by atoms with Crippen molar-refractivity contribution in [2.45, 2.75) is 18.9 Å². The highest BCUT2D eigenvalue weighted by atomic mass is 35.5. The number of ether oxygens (including phenoxy) is 2. The molecule has 1 saturated heterocycles. The molecule has 0 unspecified atom stereocenters. The van der Waals surface area contributed by atoms with Crippen LogP contribution in [0.25, 0.3) is 0 Å². The van der Waals surface area contributed by atoms with E-state index in [4.69, 9.17) is 38.4 Å². The molecule has 132 valence electrons. The van der Waals surface area contributed by atoms with Crippen molar-refractivity contribution in [1.82, 2.24) is 0 Å². The van der Waals surface area contributed by atoms with Gasteiger partial charge in [0.2, 0.25) is 0 Å². The van der Waals surface area contributed by atoms with E-state index in [1.54, 1.807) is 30.3 Å². The Bertz CT molecular complexity index is 754. The molecule has 0 radical (unpaired) electrons. The lowest BCUT2D eigenvalue weighted by Gasteiger charge is -2.12. The maximum atomic E-state index is 12.4. The molecule has 25 heavy (non-hydrogen) atoms. The van der Waals surface area contributed by atoms with Gasteiger partial charge in [0, 0.05) is 17.9 Å². The van der Waals surface area contributed by atoms with E-state index in [9.17, 15) is 4.79 Å². The number of carbonyl (C=O) groups excluding carboxylic acids is 1. The number of anilines is 2. The number of hydrogen-bond acceptors (Lipinski definition) is 4. The fraction of sp³-hybridized carbons (Fsp3) is 0.278. The van der Waals surface area contributed by atoms with Crippen molar-refractivity contribution in [1.29, 1.82) is 0 Å². The molecule has 3 rings (SSSR count). The third-order valence-electron chi connectivity index (χ3n) is 3.89. The lowest BCUT2D eigenvalue weighted by Crippen LogP contribution is -2.17. The van der Waals surface area contributed by atoms with Crippen molar-refractivity contribution in [3.05, 3.63) is 52.0 Å². The molecule has 7 heteroatoms. The number of nitrogen functional groups attached to an aromatic ring is 1. The predicted molar refractivity (Wildman–Crippen MR) is 99.7 cm³/mol.